The first-order valence-electron chi connectivity index (χ1n) is 12.2. The Bertz CT molecular complexity index is 1660. The lowest BCUT2D eigenvalue weighted by Gasteiger charge is -2.36. The number of carbonyl (C=O) groups excluding carboxylic acids is 1. The van der Waals surface area contributed by atoms with Crippen LogP contribution >= 0.6 is 0 Å². The molecule has 9 nitrogen and oxygen atoms in total. The first kappa shape index (κ1) is 23.3. The largest absolute Gasteiger partial charge is 0.497 e. The van der Waals surface area contributed by atoms with E-state index in [2.05, 4.69) is 11.0 Å². The second-order valence-corrected chi connectivity index (χ2v) is 9.01. The maximum absolute atomic E-state index is 12.8. The third kappa shape index (κ3) is 4.33. The fourth-order valence-corrected chi connectivity index (χ4v) is 4.71. The molecule has 0 radical (unpaired) electrons. The van der Waals surface area contributed by atoms with Crippen LogP contribution in [0.5, 0.6) is 5.75 Å². The summed E-state index contributed by atoms with van der Waals surface area (Å²) in [6, 6.07) is 23.0. The van der Waals surface area contributed by atoms with Crippen molar-refractivity contribution in [1.29, 1.82) is 5.26 Å². The van der Waals surface area contributed by atoms with Gasteiger partial charge in [0.1, 0.15) is 17.8 Å². The number of piperazine rings is 1. The summed E-state index contributed by atoms with van der Waals surface area (Å²) in [6.07, 6.45) is 2.99. The number of carbonyl (C=O) groups is 1. The van der Waals surface area contributed by atoms with Crippen LogP contribution in [0.1, 0.15) is 15.9 Å². The molecule has 0 saturated carbocycles. The number of hydrogen-bond donors (Lipinski definition) is 0. The van der Waals surface area contributed by atoms with Crippen molar-refractivity contribution in [2.75, 3.05) is 38.2 Å². The molecule has 1 aliphatic rings. The van der Waals surface area contributed by atoms with E-state index in [1.807, 2.05) is 64.0 Å². The van der Waals surface area contributed by atoms with Crippen LogP contribution in [-0.2, 0) is 0 Å². The second-order valence-electron chi connectivity index (χ2n) is 9.01. The Balaban J connectivity index is 1.39. The van der Waals surface area contributed by atoms with Crippen LogP contribution in [0.4, 0.5) is 5.82 Å². The van der Waals surface area contributed by atoms with Crippen molar-refractivity contribution in [2.24, 2.45) is 0 Å². The summed E-state index contributed by atoms with van der Waals surface area (Å²) < 4.78 is 12.3. The highest BCUT2D eigenvalue weighted by Crippen LogP contribution is 2.30. The van der Waals surface area contributed by atoms with Crippen molar-refractivity contribution >= 4 is 17.4 Å². The zero-order valence-electron chi connectivity index (χ0n) is 20.7. The van der Waals surface area contributed by atoms with Gasteiger partial charge in [0.05, 0.1) is 42.0 Å². The molecule has 0 aliphatic carbocycles. The number of ether oxygens (including phenoxy) is 1. The number of benzene rings is 2. The van der Waals surface area contributed by atoms with Gasteiger partial charge >= 0.3 is 0 Å². The van der Waals surface area contributed by atoms with E-state index in [4.69, 9.17) is 19.2 Å². The average Bonchev–Trinajstić information content (AvgIpc) is 3.67. The summed E-state index contributed by atoms with van der Waals surface area (Å²) in [7, 11) is 1.64. The first-order chi connectivity index (χ1) is 18.6. The fraction of sp³-hybridized carbons (Fsp3) is 0.172. The third-order valence-corrected chi connectivity index (χ3v) is 6.72. The summed E-state index contributed by atoms with van der Waals surface area (Å²) in [6.45, 7) is 2.40. The van der Waals surface area contributed by atoms with Crippen LogP contribution in [0.3, 0.4) is 0 Å². The van der Waals surface area contributed by atoms with Crippen LogP contribution < -0.4 is 9.64 Å². The number of aromatic nitrogens is 3. The summed E-state index contributed by atoms with van der Waals surface area (Å²) in [5.41, 5.74) is 5.11. The lowest BCUT2D eigenvalue weighted by atomic mass is 10.1. The summed E-state index contributed by atoms with van der Waals surface area (Å²) in [5, 5.41) is 14.3. The number of methoxy groups -OCH3 is 1. The Kier molecular flexibility index (Phi) is 5.98. The first-order valence-corrected chi connectivity index (χ1v) is 12.2. The molecule has 2 aromatic carbocycles. The molecule has 1 fully saturated rings. The van der Waals surface area contributed by atoms with Gasteiger partial charge in [-0.15, -0.1) is 0 Å². The minimum Gasteiger partial charge on any atom is -0.497 e. The number of nitriles is 1. The second kappa shape index (κ2) is 9.75. The molecule has 3 aromatic heterocycles. The van der Waals surface area contributed by atoms with Crippen molar-refractivity contribution in [1.82, 2.24) is 19.5 Å². The molecule has 1 amide bonds. The number of anilines is 1. The van der Waals surface area contributed by atoms with Crippen molar-refractivity contribution in [3.63, 3.8) is 0 Å². The number of furan rings is 1. The Morgan fingerprint density at radius 1 is 0.974 bits per heavy atom. The third-order valence-electron chi connectivity index (χ3n) is 6.72. The number of nitrogens with zero attached hydrogens (tertiary/aromatic N) is 6. The van der Waals surface area contributed by atoms with E-state index < -0.39 is 0 Å². The average molecular weight is 505 g/mol. The predicted molar refractivity (Wildman–Crippen MR) is 142 cm³/mol. The Hall–Kier alpha value is -5.10. The molecule has 9 heteroatoms. The van der Waals surface area contributed by atoms with Gasteiger partial charge in [0.25, 0.3) is 5.91 Å². The van der Waals surface area contributed by atoms with Crippen LogP contribution in [0.15, 0.2) is 83.7 Å². The van der Waals surface area contributed by atoms with E-state index in [-0.39, 0.29) is 5.91 Å². The van der Waals surface area contributed by atoms with E-state index in [0.717, 1.165) is 34.1 Å². The highest BCUT2D eigenvalue weighted by molar-refractivity contribution is 5.94. The molecule has 38 heavy (non-hydrogen) atoms. The molecule has 1 saturated heterocycles. The van der Waals surface area contributed by atoms with Gasteiger partial charge in [-0.3, -0.25) is 4.79 Å². The Labute approximate surface area is 219 Å². The van der Waals surface area contributed by atoms with Gasteiger partial charge in [-0.05, 0) is 30.3 Å². The van der Waals surface area contributed by atoms with Gasteiger partial charge in [-0.1, -0.05) is 24.3 Å². The molecular weight excluding hydrogens is 480 g/mol. The summed E-state index contributed by atoms with van der Waals surface area (Å²) >= 11 is 0. The van der Waals surface area contributed by atoms with Crippen molar-refractivity contribution < 1.29 is 13.9 Å². The van der Waals surface area contributed by atoms with Crippen molar-refractivity contribution in [3.05, 3.63) is 90.4 Å². The maximum atomic E-state index is 12.8. The molecule has 0 spiro atoms. The molecule has 188 valence electrons. The smallest absolute Gasteiger partial charge is 0.257 e. The molecule has 0 unspecified atom stereocenters. The molecule has 0 N–H and O–H groups in total. The minimum atomic E-state index is -0.0355. The number of hydrogen-bond acceptors (Lipinski definition) is 7. The van der Waals surface area contributed by atoms with Crippen LogP contribution in [0, 0.1) is 11.3 Å². The Morgan fingerprint density at radius 3 is 2.50 bits per heavy atom. The number of amides is 1. The highest BCUT2D eigenvalue weighted by atomic mass is 16.5. The predicted octanol–water partition coefficient (Wildman–Crippen LogP) is 4.50. The van der Waals surface area contributed by atoms with Crippen LogP contribution in [-0.4, -0.2) is 58.7 Å². The van der Waals surface area contributed by atoms with Gasteiger partial charge < -0.3 is 19.0 Å². The molecular formula is C29H24N6O3. The summed E-state index contributed by atoms with van der Waals surface area (Å²) in [4.78, 5) is 21.8. The molecule has 0 bridgehead atoms. The SMILES string of the molecule is COc1cccc(-c2cc3nc(-c4cccc(C#N)c4)cc(N4CCN(C(=O)c5ccoc5)CC4)n3n2)c1. The number of fused-ring (bicyclic) bond motifs is 1. The topological polar surface area (TPSA) is 99.9 Å². The van der Waals surface area contributed by atoms with Gasteiger partial charge in [-0.25, -0.2) is 4.98 Å². The Morgan fingerprint density at radius 2 is 1.76 bits per heavy atom. The fourth-order valence-electron chi connectivity index (χ4n) is 4.71. The van der Waals surface area contributed by atoms with Gasteiger partial charge in [0.2, 0.25) is 0 Å². The van der Waals surface area contributed by atoms with E-state index >= 15 is 0 Å². The molecule has 0 atom stereocenters. The zero-order chi connectivity index (χ0) is 26.1. The van der Waals surface area contributed by atoms with Crippen molar-refractivity contribution in [3.8, 4) is 34.3 Å². The molecule has 1 aliphatic heterocycles. The summed E-state index contributed by atoms with van der Waals surface area (Å²) in [5.74, 6) is 1.59. The van der Waals surface area contributed by atoms with E-state index in [0.29, 0.717) is 43.0 Å². The molecule has 4 heterocycles. The van der Waals surface area contributed by atoms with Crippen molar-refractivity contribution in [2.45, 2.75) is 0 Å². The number of rotatable bonds is 5. The normalized spacial score (nSPS) is 13.5. The van der Waals surface area contributed by atoms with Crippen LogP contribution in [0.2, 0.25) is 0 Å². The van der Waals surface area contributed by atoms with Gasteiger partial charge in [0.15, 0.2) is 5.65 Å². The molecule has 5 aromatic rings. The highest BCUT2D eigenvalue weighted by Gasteiger charge is 2.25. The quantitative estimate of drug-likeness (QED) is 0.347. The van der Waals surface area contributed by atoms with E-state index in [1.54, 1.807) is 19.2 Å². The van der Waals surface area contributed by atoms with Crippen LogP contribution in [0.25, 0.3) is 28.2 Å². The minimum absolute atomic E-state index is 0.0355. The van der Waals surface area contributed by atoms with E-state index in [1.165, 1.54) is 12.5 Å². The monoisotopic (exact) mass is 504 g/mol. The zero-order valence-corrected chi connectivity index (χ0v) is 20.7. The molecule has 6 rings (SSSR count). The van der Waals surface area contributed by atoms with Gasteiger partial charge in [-0.2, -0.15) is 14.9 Å². The lowest BCUT2D eigenvalue weighted by Crippen LogP contribution is -2.49. The standard InChI is InChI=1S/C29H24N6O3/c1-37-24-7-3-6-22(15-24)26-16-27-31-25(21-5-2-4-20(14-21)18-30)17-28(35(27)32-26)33-9-11-34(12-10-33)29(36)23-8-13-38-19-23/h2-8,13-17,19H,9-12H2,1H3. The lowest BCUT2D eigenvalue weighted by molar-refractivity contribution is 0.0745. The van der Waals surface area contributed by atoms with E-state index in [9.17, 15) is 10.1 Å². The van der Waals surface area contributed by atoms with Gasteiger partial charge in [0, 0.05) is 49.4 Å². The maximum Gasteiger partial charge on any atom is 0.257 e.